The van der Waals surface area contributed by atoms with Crippen LogP contribution in [0.2, 0.25) is 5.02 Å². The number of hydrogen-bond acceptors (Lipinski definition) is 6. The standard InChI is InChI=1S/C26H20ClNO6/c1-2-32-26(31)17-8-11-19(12-9-17)28-22(29)15-33-25-23(30)20-14-18(27)10-13-21(20)34-24(25)16-6-4-3-5-7-16/h3-14H,2,15H2,1H3,(H,28,29). The summed E-state index contributed by atoms with van der Waals surface area (Å²) >= 11 is 6.05. The SMILES string of the molecule is CCOC(=O)c1ccc(NC(=O)COc2c(-c3ccccc3)oc3ccc(Cl)cc3c2=O)cc1. The lowest BCUT2D eigenvalue weighted by Crippen LogP contribution is -2.22. The van der Waals surface area contributed by atoms with Crippen molar-refractivity contribution in [3.8, 4) is 17.1 Å². The first-order valence-electron chi connectivity index (χ1n) is 10.5. The smallest absolute Gasteiger partial charge is 0.338 e. The van der Waals surface area contributed by atoms with Crippen LogP contribution in [0.5, 0.6) is 5.75 Å². The molecule has 1 heterocycles. The maximum atomic E-state index is 13.2. The first-order chi connectivity index (χ1) is 16.5. The van der Waals surface area contributed by atoms with Crippen LogP contribution in [0.3, 0.4) is 0 Å². The molecule has 3 aromatic carbocycles. The molecule has 0 unspecified atom stereocenters. The number of carbonyl (C=O) groups is 2. The van der Waals surface area contributed by atoms with Gasteiger partial charge in [-0.25, -0.2) is 4.79 Å². The average Bonchev–Trinajstić information content (AvgIpc) is 2.85. The molecule has 0 aliphatic carbocycles. The second-order valence-corrected chi connectivity index (χ2v) is 7.67. The Hall–Kier alpha value is -4.10. The molecule has 0 saturated carbocycles. The molecule has 0 saturated heterocycles. The topological polar surface area (TPSA) is 94.8 Å². The first-order valence-corrected chi connectivity index (χ1v) is 10.9. The average molecular weight is 478 g/mol. The fourth-order valence-corrected chi connectivity index (χ4v) is 3.47. The Morgan fingerprint density at radius 2 is 1.74 bits per heavy atom. The third-order valence-corrected chi connectivity index (χ3v) is 5.11. The van der Waals surface area contributed by atoms with Gasteiger partial charge in [0.15, 0.2) is 12.4 Å². The molecule has 0 aliphatic rings. The molecule has 34 heavy (non-hydrogen) atoms. The van der Waals surface area contributed by atoms with Gasteiger partial charge in [-0.15, -0.1) is 0 Å². The zero-order valence-corrected chi connectivity index (χ0v) is 18.9. The minimum atomic E-state index is -0.492. The van der Waals surface area contributed by atoms with Crippen LogP contribution in [-0.4, -0.2) is 25.1 Å². The van der Waals surface area contributed by atoms with E-state index in [1.807, 2.05) is 6.07 Å². The number of nitrogens with one attached hydrogen (secondary N) is 1. The van der Waals surface area contributed by atoms with E-state index in [1.54, 1.807) is 67.6 Å². The lowest BCUT2D eigenvalue weighted by molar-refractivity contribution is -0.118. The Balaban J connectivity index is 1.56. The first kappa shape index (κ1) is 23.1. The molecule has 8 heteroatoms. The molecule has 0 bridgehead atoms. The van der Waals surface area contributed by atoms with Crippen molar-refractivity contribution < 1.29 is 23.5 Å². The van der Waals surface area contributed by atoms with Crippen LogP contribution in [0.15, 0.2) is 82.0 Å². The van der Waals surface area contributed by atoms with Crippen LogP contribution in [0, 0.1) is 0 Å². The summed E-state index contributed by atoms with van der Waals surface area (Å²) in [6.45, 7) is 1.56. The zero-order valence-electron chi connectivity index (χ0n) is 18.2. The van der Waals surface area contributed by atoms with Gasteiger partial charge < -0.3 is 19.2 Å². The predicted octanol–water partition coefficient (Wildman–Crippen LogP) is 5.31. The van der Waals surface area contributed by atoms with Gasteiger partial charge in [0.25, 0.3) is 5.91 Å². The number of hydrogen-bond donors (Lipinski definition) is 1. The summed E-state index contributed by atoms with van der Waals surface area (Å²) in [6.07, 6.45) is 0. The van der Waals surface area contributed by atoms with E-state index in [0.29, 0.717) is 27.4 Å². The molecule has 4 rings (SSSR count). The Labute approximate surface area is 199 Å². The van der Waals surface area contributed by atoms with Crippen LogP contribution < -0.4 is 15.5 Å². The molecule has 0 spiro atoms. The van der Waals surface area contributed by atoms with Crippen molar-refractivity contribution >= 4 is 40.1 Å². The van der Waals surface area contributed by atoms with Gasteiger partial charge in [0.05, 0.1) is 17.6 Å². The molecule has 7 nitrogen and oxygen atoms in total. The third kappa shape index (κ3) is 5.10. The summed E-state index contributed by atoms with van der Waals surface area (Å²) in [5, 5.41) is 3.29. The molecular weight excluding hydrogens is 458 g/mol. The molecule has 1 aromatic heterocycles. The largest absolute Gasteiger partial charge is 0.476 e. The second-order valence-electron chi connectivity index (χ2n) is 7.23. The molecule has 4 aromatic rings. The Morgan fingerprint density at radius 3 is 2.44 bits per heavy atom. The highest BCUT2D eigenvalue weighted by Gasteiger charge is 2.19. The number of carbonyl (C=O) groups excluding carboxylic acids is 2. The zero-order chi connectivity index (χ0) is 24.1. The summed E-state index contributed by atoms with van der Waals surface area (Å²) in [7, 11) is 0. The molecule has 172 valence electrons. The van der Waals surface area contributed by atoms with E-state index in [1.165, 1.54) is 6.07 Å². The van der Waals surface area contributed by atoms with Crippen molar-refractivity contribution in [2.75, 3.05) is 18.5 Å². The highest BCUT2D eigenvalue weighted by Crippen LogP contribution is 2.31. The number of anilines is 1. The van der Waals surface area contributed by atoms with E-state index in [-0.39, 0.29) is 23.5 Å². The molecule has 0 fully saturated rings. The van der Waals surface area contributed by atoms with E-state index in [9.17, 15) is 14.4 Å². The lowest BCUT2D eigenvalue weighted by atomic mass is 10.1. The summed E-state index contributed by atoms with van der Waals surface area (Å²) in [5.74, 6) is -0.811. The molecule has 0 atom stereocenters. The number of rotatable bonds is 7. The summed E-state index contributed by atoms with van der Waals surface area (Å²) in [5.41, 5.74) is 1.38. The number of halogens is 1. The Bertz CT molecular complexity index is 1400. The summed E-state index contributed by atoms with van der Waals surface area (Å²) < 4.78 is 16.6. The molecule has 1 N–H and O–H groups in total. The maximum Gasteiger partial charge on any atom is 0.338 e. The highest BCUT2D eigenvalue weighted by molar-refractivity contribution is 6.31. The fraction of sp³-hybridized carbons (Fsp3) is 0.115. The maximum absolute atomic E-state index is 13.2. The van der Waals surface area contributed by atoms with Crippen molar-refractivity contribution in [1.29, 1.82) is 0 Å². The molecular formula is C26H20ClNO6. The Kier molecular flexibility index (Phi) is 6.94. The van der Waals surface area contributed by atoms with E-state index in [4.69, 9.17) is 25.5 Å². The number of fused-ring (bicyclic) bond motifs is 1. The Morgan fingerprint density at radius 1 is 1.00 bits per heavy atom. The summed E-state index contributed by atoms with van der Waals surface area (Å²) in [6, 6.07) is 20.0. The van der Waals surface area contributed by atoms with Crippen LogP contribution in [0.1, 0.15) is 17.3 Å². The van der Waals surface area contributed by atoms with E-state index in [2.05, 4.69) is 5.32 Å². The molecule has 0 aliphatic heterocycles. The van der Waals surface area contributed by atoms with Crippen molar-refractivity contribution in [2.24, 2.45) is 0 Å². The van der Waals surface area contributed by atoms with Crippen LogP contribution in [-0.2, 0) is 9.53 Å². The highest BCUT2D eigenvalue weighted by atomic mass is 35.5. The van der Waals surface area contributed by atoms with Gasteiger partial charge >= 0.3 is 5.97 Å². The molecule has 1 amide bonds. The predicted molar refractivity (Wildman–Crippen MR) is 129 cm³/mol. The van der Waals surface area contributed by atoms with Crippen LogP contribution >= 0.6 is 11.6 Å². The van der Waals surface area contributed by atoms with Crippen molar-refractivity contribution in [2.45, 2.75) is 6.92 Å². The fourth-order valence-electron chi connectivity index (χ4n) is 3.30. The number of ether oxygens (including phenoxy) is 2. The van der Waals surface area contributed by atoms with Gasteiger partial charge in [-0.05, 0) is 49.4 Å². The van der Waals surface area contributed by atoms with Gasteiger partial charge in [0.2, 0.25) is 11.2 Å². The van der Waals surface area contributed by atoms with Crippen molar-refractivity contribution in [1.82, 2.24) is 0 Å². The van der Waals surface area contributed by atoms with Crippen LogP contribution in [0.25, 0.3) is 22.3 Å². The number of amides is 1. The van der Waals surface area contributed by atoms with Gasteiger partial charge in [-0.2, -0.15) is 0 Å². The van der Waals surface area contributed by atoms with E-state index >= 15 is 0 Å². The van der Waals surface area contributed by atoms with Crippen molar-refractivity contribution in [3.63, 3.8) is 0 Å². The van der Waals surface area contributed by atoms with Gasteiger partial charge in [0, 0.05) is 16.3 Å². The van der Waals surface area contributed by atoms with Crippen molar-refractivity contribution in [3.05, 3.63) is 93.6 Å². The lowest BCUT2D eigenvalue weighted by Gasteiger charge is -2.12. The van der Waals surface area contributed by atoms with E-state index < -0.39 is 23.9 Å². The second kappa shape index (κ2) is 10.2. The third-order valence-electron chi connectivity index (χ3n) is 4.87. The summed E-state index contributed by atoms with van der Waals surface area (Å²) in [4.78, 5) is 37.4. The van der Waals surface area contributed by atoms with E-state index in [0.717, 1.165) is 0 Å². The quantitative estimate of drug-likeness (QED) is 0.362. The van der Waals surface area contributed by atoms with Gasteiger partial charge in [0.1, 0.15) is 5.58 Å². The minimum absolute atomic E-state index is 0.0891. The number of benzene rings is 3. The number of esters is 1. The normalized spacial score (nSPS) is 10.6. The van der Waals surface area contributed by atoms with Crippen LogP contribution in [0.4, 0.5) is 5.69 Å². The van der Waals surface area contributed by atoms with Gasteiger partial charge in [-0.1, -0.05) is 41.9 Å². The minimum Gasteiger partial charge on any atom is -0.476 e. The van der Waals surface area contributed by atoms with Gasteiger partial charge in [-0.3, -0.25) is 9.59 Å². The molecule has 0 radical (unpaired) electrons. The monoisotopic (exact) mass is 477 g/mol.